The molecule has 0 fully saturated rings. The van der Waals surface area contributed by atoms with Gasteiger partial charge in [-0.25, -0.2) is 9.38 Å². The summed E-state index contributed by atoms with van der Waals surface area (Å²) in [6.45, 7) is -0.962. The molecule has 2 atom stereocenters. The molecule has 13 heavy (non-hydrogen) atoms. The van der Waals surface area contributed by atoms with E-state index in [1.807, 2.05) is 0 Å². The molecule has 1 rings (SSSR count). The predicted molar refractivity (Wildman–Crippen MR) is 36.9 cm³/mol. The van der Waals surface area contributed by atoms with Crippen LogP contribution < -0.4 is 5.73 Å². The van der Waals surface area contributed by atoms with Crippen molar-refractivity contribution in [3.05, 3.63) is 0 Å². The fourth-order valence-electron chi connectivity index (χ4n) is 1.00. The molecular formula is C6H8F4N2O. The monoisotopic (exact) mass is 200 g/mol. The van der Waals surface area contributed by atoms with Crippen molar-refractivity contribution >= 4 is 6.02 Å². The van der Waals surface area contributed by atoms with Gasteiger partial charge in [-0.05, 0) is 0 Å². The zero-order chi connectivity index (χ0) is 10.1. The summed E-state index contributed by atoms with van der Waals surface area (Å²) in [5.41, 5.74) is 4.95. The lowest BCUT2D eigenvalue weighted by Gasteiger charge is -2.27. The fourth-order valence-corrected chi connectivity index (χ4v) is 1.00. The Balaban J connectivity index is 2.69. The van der Waals surface area contributed by atoms with Crippen LogP contribution in [0.4, 0.5) is 17.6 Å². The summed E-state index contributed by atoms with van der Waals surface area (Å²) >= 11 is 0. The molecule has 0 aliphatic carbocycles. The third-order valence-corrected chi connectivity index (χ3v) is 1.60. The van der Waals surface area contributed by atoms with E-state index in [2.05, 4.69) is 9.73 Å². The highest BCUT2D eigenvalue weighted by Gasteiger charge is 2.45. The highest BCUT2D eigenvalue weighted by Crippen LogP contribution is 2.29. The molecule has 0 saturated heterocycles. The smallest absolute Gasteiger partial charge is 0.425 e. The van der Waals surface area contributed by atoms with Gasteiger partial charge in [0.25, 0.3) is 6.02 Å². The third-order valence-electron chi connectivity index (χ3n) is 1.60. The Morgan fingerprint density at radius 1 is 1.54 bits per heavy atom. The van der Waals surface area contributed by atoms with Gasteiger partial charge in [-0.3, -0.25) is 0 Å². The molecule has 1 aliphatic heterocycles. The second-order valence-corrected chi connectivity index (χ2v) is 2.66. The minimum Gasteiger partial charge on any atom is -0.452 e. The number of aliphatic imine (C=N–C) groups is 1. The van der Waals surface area contributed by atoms with Crippen LogP contribution in [0, 0.1) is 0 Å². The zero-order valence-electron chi connectivity index (χ0n) is 6.51. The van der Waals surface area contributed by atoms with Gasteiger partial charge in [0, 0.05) is 6.42 Å². The first-order valence-electron chi connectivity index (χ1n) is 3.56. The molecule has 7 heteroatoms. The lowest BCUT2D eigenvalue weighted by Crippen LogP contribution is -2.43. The average Bonchev–Trinajstić information content (AvgIpc) is 2.01. The van der Waals surface area contributed by atoms with E-state index in [0.29, 0.717) is 0 Å². The van der Waals surface area contributed by atoms with Crippen molar-refractivity contribution in [1.82, 2.24) is 0 Å². The molecule has 3 nitrogen and oxygen atoms in total. The Hall–Kier alpha value is -1.01. The van der Waals surface area contributed by atoms with Crippen LogP contribution in [0.5, 0.6) is 0 Å². The summed E-state index contributed by atoms with van der Waals surface area (Å²) < 4.78 is 52.4. The standard InChI is InChI=1S/C6H8F4N2O/c7-2-3-1-4(6(8,9)10)13-5(11)12-3/h3-4H,1-2H2,(H2,11,12). The maximum Gasteiger partial charge on any atom is 0.425 e. The number of alkyl halides is 4. The van der Waals surface area contributed by atoms with Gasteiger partial charge >= 0.3 is 6.18 Å². The van der Waals surface area contributed by atoms with E-state index in [4.69, 9.17) is 5.73 Å². The van der Waals surface area contributed by atoms with Gasteiger partial charge in [-0.1, -0.05) is 0 Å². The van der Waals surface area contributed by atoms with E-state index >= 15 is 0 Å². The number of halogens is 4. The summed E-state index contributed by atoms with van der Waals surface area (Å²) in [5.74, 6) is 0. The molecule has 0 aromatic carbocycles. The Kier molecular flexibility index (Phi) is 2.63. The minimum absolute atomic E-state index is 0.513. The molecule has 0 bridgehead atoms. The van der Waals surface area contributed by atoms with Crippen molar-refractivity contribution in [1.29, 1.82) is 0 Å². The number of amidine groups is 1. The van der Waals surface area contributed by atoms with E-state index in [-0.39, 0.29) is 0 Å². The largest absolute Gasteiger partial charge is 0.452 e. The van der Waals surface area contributed by atoms with Gasteiger partial charge < -0.3 is 10.5 Å². The topological polar surface area (TPSA) is 47.6 Å². The van der Waals surface area contributed by atoms with E-state index in [9.17, 15) is 17.6 Å². The van der Waals surface area contributed by atoms with Gasteiger partial charge in [0.05, 0.1) is 6.04 Å². The molecule has 1 heterocycles. The molecule has 0 amide bonds. The van der Waals surface area contributed by atoms with Crippen LogP contribution in [0.15, 0.2) is 4.99 Å². The van der Waals surface area contributed by atoms with E-state index in [1.165, 1.54) is 0 Å². The molecule has 0 radical (unpaired) electrons. The van der Waals surface area contributed by atoms with Crippen molar-refractivity contribution < 1.29 is 22.3 Å². The molecule has 0 aromatic rings. The van der Waals surface area contributed by atoms with Crippen molar-refractivity contribution in [2.24, 2.45) is 10.7 Å². The SMILES string of the molecule is NC1=NC(CF)CC(C(F)(F)F)O1. The summed E-state index contributed by atoms with van der Waals surface area (Å²) in [4.78, 5) is 3.36. The Labute approximate surface area is 71.6 Å². The molecule has 76 valence electrons. The molecule has 2 N–H and O–H groups in total. The number of hydrogen-bond acceptors (Lipinski definition) is 3. The van der Waals surface area contributed by atoms with Gasteiger partial charge in [0.2, 0.25) is 0 Å². The molecule has 0 spiro atoms. The maximum absolute atomic E-state index is 12.1. The second kappa shape index (κ2) is 3.39. The van der Waals surface area contributed by atoms with Crippen molar-refractivity contribution in [3.63, 3.8) is 0 Å². The highest BCUT2D eigenvalue weighted by atomic mass is 19.4. The number of nitrogens with zero attached hydrogens (tertiary/aromatic N) is 1. The number of nitrogens with two attached hydrogens (primary N) is 1. The van der Waals surface area contributed by atoms with Crippen LogP contribution >= 0.6 is 0 Å². The van der Waals surface area contributed by atoms with Crippen molar-refractivity contribution in [3.8, 4) is 0 Å². The summed E-state index contributed by atoms with van der Waals surface area (Å²) in [5, 5.41) is 0. The highest BCUT2D eigenvalue weighted by molar-refractivity contribution is 5.72. The molecular weight excluding hydrogens is 192 g/mol. The first-order valence-corrected chi connectivity index (χ1v) is 3.56. The Bertz CT molecular complexity index is 215. The van der Waals surface area contributed by atoms with E-state index < -0.39 is 37.4 Å². The first-order chi connectivity index (χ1) is 5.93. The number of hydrogen-bond donors (Lipinski definition) is 1. The number of ether oxygens (including phenoxy) is 1. The van der Waals surface area contributed by atoms with Crippen LogP contribution in [-0.2, 0) is 4.74 Å². The van der Waals surface area contributed by atoms with Gasteiger partial charge in [0.15, 0.2) is 6.10 Å². The summed E-state index contributed by atoms with van der Waals surface area (Å²) in [6.07, 6.45) is -7.07. The van der Waals surface area contributed by atoms with Crippen molar-refractivity contribution in [2.75, 3.05) is 6.67 Å². The average molecular weight is 200 g/mol. The minimum atomic E-state index is -4.52. The number of rotatable bonds is 1. The second-order valence-electron chi connectivity index (χ2n) is 2.66. The van der Waals surface area contributed by atoms with Crippen LogP contribution in [-0.4, -0.2) is 31.0 Å². The van der Waals surface area contributed by atoms with Crippen LogP contribution in [0.1, 0.15) is 6.42 Å². The van der Waals surface area contributed by atoms with Gasteiger partial charge in [-0.2, -0.15) is 13.2 Å². The van der Waals surface area contributed by atoms with Crippen LogP contribution in [0.2, 0.25) is 0 Å². The zero-order valence-corrected chi connectivity index (χ0v) is 6.51. The molecule has 0 aromatic heterocycles. The van der Waals surface area contributed by atoms with Crippen LogP contribution in [0.3, 0.4) is 0 Å². The normalized spacial score (nSPS) is 29.4. The summed E-state index contributed by atoms with van der Waals surface area (Å²) in [6, 6.07) is -1.64. The maximum atomic E-state index is 12.1. The molecule has 2 unspecified atom stereocenters. The molecule has 1 aliphatic rings. The van der Waals surface area contributed by atoms with Gasteiger partial charge in [-0.15, -0.1) is 0 Å². The first kappa shape index (κ1) is 10.1. The lowest BCUT2D eigenvalue weighted by atomic mass is 10.1. The van der Waals surface area contributed by atoms with Crippen molar-refractivity contribution in [2.45, 2.75) is 24.7 Å². The van der Waals surface area contributed by atoms with E-state index in [0.717, 1.165) is 0 Å². The molecule has 0 saturated carbocycles. The van der Waals surface area contributed by atoms with Gasteiger partial charge in [0.1, 0.15) is 6.67 Å². The fraction of sp³-hybridized carbons (Fsp3) is 0.833. The lowest BCUT2D eigenvalue weighted by molar-refractivity contribution is -0.204. The van der Waals surface area contributed by atoms with Crippen LogP contribution in [0.25, 0.3) is 0 Å². The predicted octanol–water partition coefficient (Wildman–Crippen LogP) is 0.990. The Morgan fingerprint density at radius 3 is 2.62 bits per heavy atom. The third kappa shape index (κ3) is 2.46. The quantitative estimate of drug-likeness (QED) is 0.641. The summed E-state index contributed by atoms with van der Waals surface area (Å²) in [7, 11) is 0. The van der Waals surface area contributed by atoms with E-state index in [1.54, 1.807) is 0 Å². The Morgan fingerprint density at radius 2 is 2.15 bits per heavy atom.